The predicted molar refractivity (Wildman–Crippen MR) is 188 cm³/mol. The number of hydrogen-bond acceptors (Lipinski definition) is 7. The van der Waals surface area contributed by atoms with Crippen molar-refractivity contribution >= 4 is 37.2 Å². The van der Waals surface area contributed by atoms with Gasteiger partial charge in [0.05, 0.1) is 28.9 Å². The van der Waals surface area contributed by atoms with Crippen molar-refractivity contribution in [2.75, 3.05) is 13.2 Å². The van der Waals surface area contributed by atoms with Crippen molar-refractivity contribution in [1.29, 1.82) is 0 Å². The summed E-state index contributed by atoms with van der Waals surface area (Å²) in [5.41, 5.74) is 4.30. The minimum Gasteiger partial charge on any atom is -0.294 e. The fourth-order valence-corrected chi connectivity index (χ4v) is 9.47. The van der Waals surface area contributed by atoms with Crippen LogP contribution in [0.15, 0.2) is 143 Å². The Morgan fingerprint density at radius 1 is 0.653 bits per heavy atom. The summed E-state index contributed by atoms with van der Waals surface area (Å²) in [6, 6.07) is 32.4. The molecule has 49 heavy (non-hydrogen) atoms. The van der Waals surface area contributed by atoms with Gasteiger partial charge in [0.2, 0.25) is 0 Å². The number of ketones is 1. The van der Waals surface area contributed by atoms with Crippen molar-refractivity contribution < 1.29 is 30.0 Å². The summed E-state index contributed by atoms with van der Waals surface area (Å²) in [7, 11) is -8.41. The molecule has 0 N–H and O–H groups in total. The van der Waals surface area contributed by atoms with Crippen LogP contribution in [-0.4, -0.2) is 35.8 Å². The van der Waals surface area contributed by atoms with Crippen molar-refractivity contribution in [3.63, 3.8) is 0 Å². The zero-order valence-electron chi connectivity index (χ0n) is 27.2. The first-order chi connectivity index (χ1) is 23.4. The summed E-state index contributed by atoms with van der Waals surface area (Å²) in [5.74, 6) is -0.620. The Hall–Kier alpha value is -4.41. The van der Waals surface area contributed by atoms with Crippen molar-refractivity contribution in [2.24, 2.45) is 16.7 Å². The molecule has 1 spiro atoms. The van der Waals surface area contributed by atoms with Gasteiger partial charge in [0.15, 0.2) is 5.78 Å². The van der Waals surface area contributed by atoms with E-state index in [9.17, 15) is 21.6 Å². The molecule has 4 aromatic carbocycles. The second-order valence-electron chi connectivity index (χ2n) is 13.4. The molecule has 0 radical (unpaired) electrons. The van der Waals surface area contributed by atoms with E-state index in [1.54, 1.807) is 30.3 Å². The average molecular weight is 693 g/mol. The fourth-order valence-electron chi connectivity index (χ4n) is 7.45. The zero-order valence-corrected chi connectivity index (χ0v) is 28.8. The van der Waals surface area contributed by atoms with Gasteiger partial charge >= 0.3 is 0 Å². The summed E-state index contributed by atoms with van der Waals surface area (Å²) in [6.45, 7) is 3.04. The average Bonchev–Trinajstić information content (AvgIpc) is 3.54. The Kier molecular flexibility index (Phi) is 8.43. The zero-order chi connectivity index (χ0) is 34.4. The Balaban J connectivity index is 1.31. The van der Waals surface area contributed by atoms with E-state index in [-0.39, 0.29) is 41.6 Å². The lowest BCUT2D eigenvalue weighted by Crippen LogP contribution is -2.37. The third kappa shape index (κ3) is 6.28. The molecule has 1 saturated carbocycles. The molecule has 3 aliphatic rings. The first-order valence-electron chi connectivity index (χ1n) is 16.1. The molecule has 2 unspecified atom stereocenters. The minimum atomic E-state index is -4.21. The summed E-state index contributed by atoms with van der Waals surface area (Å²) in [6.07, 6.45) is 6.28. The minimum absolute atomic E-state index is 0.00305. The van der Waals surface area contributed by atoms with Crippen LogP contribution in [0.5, 0.6) is 0 Å². The van der Waals surface area contributed by atoms with Crippen LogP contribution in [0, 0.1) is 30.6 Å². The van der Waals surface area contributed by atoms with E-state index in [4.69, 9.17) is 8.37 Å². The van der Waals surface area contributed by atoms with Crippen LogP contribution in [0.3, 0.4) is 0 Å². The van der Waals surface area contributed by atoms with Crippen molar-refractivity contribution in [3.8, 4) is 0 Å². The number of aryl methyl sites for hydroxylation is 2. The van der Waals surface area contributed by atoms with E-state index >= 15 is 0 Å². The first kappa shape index (κ1) is 33.1. The van der Waals surface area contributed by atoms with Crippen LogP contribution < -0.4 is 0 Å². The van der Waals surface area contributed by atoms with Gasteiger partial charge in [-0.3, -0.25) is 13.2 Å². The van der Waals surface area contributed by atoms with Gasteiger partial charge in [0.1, 0.15) is 0 Å². The number of carbonyl (C=O) groups excluding carboxylic acids is 1. The molecule has 4 aromatic rings. The Labute approximate surface area is 287 Å². The van der Waals surface area contributed by atoms with Crippen molar-refractivity contribution in [1.82, 2.24) is 0 Å². The topological polar surface area (TPSA) is 104 Å². The molecular formula is C40H36O7S2. The van der Waals surface area contributed by atoms with E-state index in [0.717, 1.165) is 39.0 Å². The molecule has 7 rings (SSSR count). The molecule has 0 bridgehead atoms. The van der Waals surface area contributed by atoms with E-state index in [1.165, 1.54) is 24.3 Å². The Bertz CT molecular complexity index is 2140. The number of hydrogen-bond donors (Lipinski definition) is 0. The highest BCUT2D eigenvalue weighted by Gasteiger charge is 2.61. The molecule has 0 aliphatic heterocycles. The molecule has 9 heteroatoms. The summed E-state index contributed by atoms with van der Waals surface area (Å²) in [5, 5.41) is 0. The van der Waals surface area contributed by atoms with Crippen molar-refractivity contribution in [3.05, 3.63) is 155 Å². The van der Waals surface area contributed by atoms with E-state index in [0.29, 0.717) is 0 Å². The van der Waals surface area contributed by atoms with Crippen LogP contribution in [0.1, 0.15) is 35.1 Å². The second kappa shape index (κ2) is 12.5. The quantitative estimate of drug-likeness (QED) is 0.159. The van der Waals surface area contributed by atoms with Gasteiger partial charge in [-0.1, -0.05) is 114 Å². The normalized spacial score (nSPS) is 21.4. The third-order valence-electron chi connectivity index (χ3n) is 9.86. The molecule has 0 heterocycles. The highest BCUT2D eigenvalue weighted by molar-refractivity contribution is 7.87. The van der Waals surface area contributed by atoms with Gasteiger partial charge in [-0.05, 0) is 79.3 Å². The third-order valence-corrected chi connectivity index (χ3v) is 12.4. The van der Waals surface area contributed by atoms with Gasteiger partial charge in [0, 0.05) is 10.8 Å². The number of allylic oxidation sites excluding steroid dienone is 6. The van der Waals surface area contributed by atoms with Crippen LogP contribution in [0.2, 0.25) is 0 Å². The maximum Gasteiger partial charge on any atom is 0.296 e. The van der Waals surface area contributed by atoms with E-state index in [2.05, 4.69) is 12.2 Å². The van der Waals surface area contributed by atoms with Crippen molar-refractivity contribution in [2.45, 2.75) is 36.5 Å². The van der Waals surface area contributed by atoms with Crippen LogP contribution >= 0.6 is 0 Å². The summed E-state index contributed by atoms with van der Waals surface area (Å²) in [4.78, 5) is 13.9. The van der Waals surface area contributed by atoms with Crippen LogP contribution in [0.25, 0.3) is 11.1 Å². The maximum absolute atomic E-state index is 13.9. The van der Waals surface area contributed by atoms with Gasteiger partial charge < -0.3 is 0 Å². The first-order valence-corrected chi connectivity index (χ1v) is 18.9. The highest BCUT2D eigenvalue weighted by Crippen LogP contribution is 2.65. The van der Waals surface area contributed by atoms with Crippen LogP contribution in [-0.2, 0) is 33.4 Å². The lowest BCUT2D eigenvalue weighted by Gasteiger charge is -2.39. The standard InChI is InChI=1S/C40H36O7S2/c1-28-13-17-34(18-14-28)48(42,43)46-26-39(27-47-49(44,45)35-19-15-29(2)16-20-35)24-33-22-37(41)38-36(31-11-7-4-8-12-31)21-32(23-40(33,38)25-39)30-9-5-3-6-10-30/h3-23,38H,24-27H2,1-2H3. The number of benzene rings is 4. The monoisotopic (exact) mass is 692 g/mol. The molecule has 7 nitrogen and oxygen atoms in total. The Morgan fingerprint density at radius 2 is 1.14 bits per heavy atom. The molecule has 1 fully saturated rings. The molecular weight excluding hydrogens is 657 g/mol. The van der Waals surface area contributed by atoms with Gasteiger partial charge in [-0.25, -0.2) is 0 Å². The smallest absolute Gasteiger partial charge is 0.294 e. The van der Waals surface area contributed by atoms with Gasteiger partial charge in [-0.2, -0.15) is 16.8 Å². The molecule has 0 aromatic heterocycles. The molecule has 0 amide bonds. The SMILES string of the molecule is Cc1ccc(S(=O)(=O)OCC2(COS(=O)(=O)c3ccc(C)cc3)CC3=CC(=O)C4C(c5ccccc5)=CC(c5ccccc5)=CC34C2)cc1. The Morgan fingerprint density at radius 3 is 1.65 bits per heavy atom. The fraction of sp³-hybridized carbons (Fsp3) is 0.225. The lowest BCUT2D eigenvalue weighted by atomic mass is 9.64. The lowest BCUT2D eigenvalue weighted by molar-refractivity contribution is -0.117. The summed E-state index contributed by atoms with van der Waals surface area (Å²) >= 11 is 0. The molecule has 250 valence electrons. The van der Waals surface area contributed by atoms with Crippen LogP contribution in [0.4, 0.5) is 0 Å². The number of rotatable bonds is 10. The number of carbonyl (C=O) groups is 1. The molecule has 0 saturated heterocycles. The van der Waals surface area contributed by atoms with E-state index < -0.39 is 37.0 Å². The highest BCUT2D eigenvalue weighted by atomic mass is 32.2. The van der Waals surface area contributed by atoms with Gasteiger partial charge in [0.25, 0.3) is 20.2 Å². The van der Waals surface area contributed by atoms with Gasteiger partial charge in [-0.15, -0.1) is 0 Å². The van der Waals surface area contributed by atoms with E-state index in [1.807, 2.05) is 74.5 Å². The predicted octanol–water partition coefficient (Wildman–Crippen LogP) is 7.49. The summed E-state index contributed by atoms with van der Waals surface area (Å²) < 4.78 is 65.5. The molecule has 2 atom stereocenters. The molecule has 3 aliphatic carbocycles. The maximum atomic E-state index is 13.9. The largest absolute Gasteiger partial charge is 0.296 e. The second-order valence-corrected chi connectivity index (χ2v) is 16.6.